The maximum absolute atomic E-state index is 13.6. The Kier molecular flexibility index (Phi) is 13.5. The maximum atomic E-state index is 13.6. The van der Waals surface area contributed by atoms with Gasteiger partial charge in [0, 0.05) is 30.4 Å². The molecule has 270 valence electrons. The molecule has 0 saturated carbocycles. The summed E-state index contributed by atoms with van der Waals surface area (Å²) in [4.78, 5) is 64.8. The smallest absolute Gasteiger partial charge is 0.408 e. The van der Waals surface area contributed by atoms with Gasteiger partial charge in [0.05, 0.1) is 19.2 Å². The molecule has 13 nitrogen and oxygen atoms in total. The van der Waals surface area contributed by atoms with Crippen molar-refractivity contribution in [2.75, 3.05) is 19.4 Å². The summed E-state index contributed by atoms with van der Waals surface area (Å²) >= 11 is 0. The highest BCUT2D eigenvalue weighted by molar-refractivity contribution is 7.94. The van der Waals surface area contributed by atoms with Gasteiger partial charge in [-0.05, 0) is 40.8 Å². The van der Waals surface area contributed by atoms with Crippen LogP contribution in [0.3, 0.4) is 0 Å². The fraction of sp³-hybridized carbons (Fsp3) is 0.324. The zero-order valence-electron chi connectivity index (χ0n) is 28.5. The van der Waals surface area contributed by atoms with Crippen molar-refractivity contribution in [3.63, 3.8) is 0 Å². The number of sulfone groups is 1. The van der Waals surface area contributed by atoms with Gasteiger partial charge in [0.2, 0.25) is 17.7 Å². The van der Waals surface area contributed by atoms with Crippen LogP contribution in [0.5, 0.6) is 0 Å². The molecular formula is C37H42N4O9S. The minimum absolute atomic E-state index is 0.0249. The molecule has 0 spiro atoms. The Balaban J connectivity index is 1.45. The third-order valence-corrected chi connectivity index (χ3v) is 9.40. The van der Waals surface area contributed by atoms with Gasteiger partial charge in [-0.2, -0.15) is 0 Å². The molecule has 1 aliphatic carbocycles. The summed E-state index contributed by atoms with van der Waals surface area (Å²) in [7, 11) is -3.47. The predicted octanol–water partition coefficient (Wildman–Crippen LogP) is 2.99. The van der Waals surface area contributed by atoms with E-state index in [1.165, 1.54) is 6.08 Å². The van der Waals surface area contributed by atoms with Crippen LogP contribution in [0, 0.1) is 0 Å². The molecule has 0 saturated heterocycles. The van der Waals surface area contributed by atoms with Gasteiger partial charge in [0.25, 0.3) is 0 Å². The van der Waals surface area contributed by atoms with E-state index in [-0.39, 0.29) is 43.8 Å². The second-order valence-corrected chi connectivity index (χ2v) is 13.9. The predicted molar refractivity (Wildman–Crippen MR) is 191 cm³/mol. The molecule has 0 aliphatic heterocycles. The summed E-state index contributed by atoms with van der Waals surface area (Å²) in [6.45, 7) is 4.95. The van der Waals surface area contributed by atoms with Crippen molar-refractivity contribution in [1.29, 1.82) is 0 Å². The number of carbonyl (C=O) groups is 5. The number of hydrogen-bond donors (Lipinski definition) is 4. The molecule has 51 heavy (non-hydrogen) atoms. The molecular weight excluding hydrogens is 676 g/mol. The SMILES string of the molecule is C=C[C@H](NC(=O)OCc1ccccc1)C(=O)N[C@@H](Cc1cccc2ccccc12)C(=O)NCC(=O)N[C@@H](CCC(=O)OCC)C1=C(S(C)(=O)=O)C1. The lowest BCUT2D eigenvalue weighted by Gasteiger charge is -2.22. The maximum Gasteiger partial charge on any atom is 0.408 e. The third kappa shape index (κ3) is 11.5. The lowest BCUT2D eigenvalue weighted by molar-refractivity contribution is -0.143. The Morgan fingerprint density at radius 1 is 0.882 bits per heavy atom. The number of amides is 4. The van der Waals surface area contributed by atoms with Crippen molar-refractivity contribution in [1.82, 2.24) is 21.3 Å². The molecule has 4 N–H and O–H groups in total. The van der Waals surface area contributed by atoms with Crippen molar-refractivity contribution >= 4 is 50.4 Å². The Morgan fingerprint density at radius 3 is 2.27 bits per heavy atom. The summed E-state index contributed by atoms with van der Waals surface area (Å²) in [6.07, 6.45) is 1.68. The first-order chi connectivity index (χ1) is 24.4. The number of benzene rings is 3. The highest BCUT2D eigenvalue weighted by atomic mass is 32.2. The van der Waals surface area contributed by atoms with Gasteiger partial charge in [-0.1, -0.05) is 78.9 Å². The monoisotopic (exact) mass is 718 g/mol. The number of hydrogen-bond acceptors (Lipinski definition) is 9. The highest BCUT2D eigenvalue weighted by Crippen LogP contribution is 2.39. The van der Waals surface area contributed by atoms with Crippen LogP contribution in [0.15, 0.2) is 95.9 Å². The number of fused-ring (bicyclic) bond motifs is 1. The standard InChI is InChI=1S/C37H42N4O9S/c1-4-29(41-37(46)50-23-24-12-7-6-8-13-24)36(45)40-31(20-26-16-11-15-25-14-9-10-17-27(25)26)35(44)38-22-33(42)39-30(18-19-34(43)49-5-2)28-21-32(28)51(3,47)48/h4,6-17,29-31H,1,5,18-23H2,2-3H3,(H,38,44)(H,39,42)(H,40,45)(H,41,46)/t29-,30-,31-/m0/s1. The van der Waals surface area contributed by atoms with E-state index in [1.54, 1.807) is 31.2 Å². The van der Waals surface area contributed by atoms with Crippen LogP contribution in [0.2, 0.25) is 0 Å². The number of rotatable bonds is 18. The van der Waals surface area contributed by atoms with Crippen LogP contribution in [0.1, 0.15) is 37.3 Å². The van der Waals surface area contributed by atoms with E-state index in [4.69, 9.17) is 9.47 Å². The number of allylic oxidation sites excluding steroid dienone is 1. The van der Waals surface area contributed by atoms with E-state index < -0.39 is 64.3 Å². The highest BCUT2D eigenvalue weighted by Gasteiger charge is 2.36. The zero-order chi connectivity index (χ0) is 37.0. The molecule has 0 radical (unpaired) electrons. The first-order valence-corrected chi connectivity index (χ1v) is 18.3. The number of carbonyl (C=O) groups excluding carboxylic acids is 5. The normalized spacial score (nSPS) is 14.0. The third-order valence-electron chi connectivity index (χ3n) is 8.09. The van der Waals surface area contributed by atoms with E-state index in [2.05, 4.69) is 27.8 Å². The molecule has 4 amide bonds. The van der Waals surface area contributed by atoms with Gasteiger partial charge in [-0.25, -0.2) is 13.2 Å². The lowest BCUT2D eigenvalue weighted by atomic mass is 9.98. The molecule has 3 aromatic carbocycles. The summed E-state index contributed by atoms with van der Waals surface area (Å²) in [5.74, 6) is -2.55. The van der Waals surface area contributed by atoms with Crippen LogP contribution in [-0.4, -0.2) is 75.7 Å². The minimum Gasteiger partial charge on any atom is -0.466 e. The Labute approximate surface area is 296 Å². The van der Waals surface area contributed by atoms with Gasteiger partial charge in [0.15, 0.2) is 9.84 Å². The average molecular weight is 719 g/mol. The van der Waals surface area contributed by atoms with Crippen molar-refractivity contribution in [3.05, 3.63) is 107 Å². The van der Waals surface area contributed by atoms with Crippen LogP contribution in [0.25, 0.3) is 10.8 Å². The average Bonchev–Trinajstić information content (AvgIpc) is 3.93. The topological polar surface area (TPSA) is 186 Å². The van der Waals surface area contributed by atoms with Crippen LogP contribution < -0.4 is 21.3 Å². The number of ether oxygens (including phenoxy) is 2. The van der Waals surface area contributed by atoms with E-state index in [0.717, 1.165) is 28.2 Å². The number of nitrogens with one attached hydrogen (secondary N) is 4. The molecule has 0 fully saturated rings. The summed E-state index contributed by atoms with van der Waals surface area (Å²) < 4.78 is 34.3. The molecule has 0 heterocycles. The molecule has 1 aliphatic rings. The second-order valence-electron chi connectivity index (χ2n) is 11.9. The van der Waals surface area contributed by atoms with Crippen molar-refractivity contribution in [2.45, 2.75) is 57.3 Å². The van der Waals surface area contributed by atoms with Gasteiger partial charge in [0.1, 0.15) is 18.7 Å². The van der Waals surface area contributed by atoms with Gasteiger partial charge in [-0.15, -0.1) is 6.58 Å². The molecule has 0 unspecified atom stereocenters. The van der Waals surface area contributed by atoms with E-state index >= 15 is 0 Å². The molecule has 4 rings (SSSR count). The Morgan fingerprint density at radius 2 is 1.59 bits per heavy atom. The van der Waals surface area contributed by atoms with E-state index in [0.29, 0.717) is 5.57 Å². The quantitative estimate of drug-likeness (QED) is 0.113. The molecule has 0 aromatic heterocycles. The first kappa shape index (κ1) is 38.3. The summed E-state index contributed by atoms with van der Waals surface area (Å²) in [6, 6.07) is 18.9. The Hall–Kier alpha value is -5.50. The van der Waals surface area contributed by atoms with Gasteiger partial charge >= 0.3 is 12.1 Å². The summed E-state index contributed by atoms with van der Waals surface area (Å²) in [5.41, 5.74) is 1.99. The molecule has 14 heteroatoms. The minimum atomic E-state index is -3.47. The van der Waals surface area contributed by atoms with Gasteiger partial charge in [-0.3, -0.25) is 19.2 Å². The summed E-state index contributed by atoms with van der Waals surface area (Å²) in [5, 5.41) is 12.2. The molecule has 0 bridgehead atoms. The van der Waals surface area contributed by atoms with Crippen LogP contribution in [0.4, 0.5) is 4.79 Å². The van der Waals surface area contributed by atoms with Crippen molar-refractivity contribution in [3.8, 4) is 0 Å². The largest absolute Gasteiger partial charge is 0.466 e. The number of esters is 1. The lowest BCUT2D eigenvalue weighted by Crippen LogP contribution is -2.55. The van der Waals surface area contributed by atoms with Crippen LogP contribution in [-0.2, 0) is 51.5 Å². The van der Waals surface area contributed by atoms with Crippen molar-refractivity contribution in [2.24, 2.45) is 0 Å². The fourth-order valence-electron chi connectivity index (χ4n) is 5.46. The van der Waals surface area contributed by atoms with Crippen LogP contribution >= 0.6 is 0 Å². The van der Waals surface area contributed by atoms with Crippen molar-refractivity contribution < 1.29 is 41.9 Å². The zero-order valence-corrected chi connectivity index (χ0v) is 29.3. The van der Waals surface area contributed by atoms with E-state index in [1.807, 2.05) is 48.5 Å². The molecule has 3 aromatic rings. The fourth-order valence-corrected chi connectivity index (χ4v) is 6.50. The molecule has 3 atom stereocenters. The second kappa shape index (κ2) is 17.9. The Bertz CT molecular complexity index is 1910. The number of alkyl carbamates (subject to hydrolysis) is 1. The van der Waals surface area contributed by atoms with E-state index in [9.17, 15) is 32.4 Å². The first-order valence-electron chi connectivity index (χ1n) is 16.4. The van der Waals surface area contributed by atoms with Gasteiger partial charge < -0.3 is 30.7 Å².